The van der Waals surface area contributed by atoms with Gasteiger partial charge in [-0.25, -0.2) is 0 Å². The number of benzene rings is 1. The van der Waals surface area contributed by atoms with Gasteiger partial charge in [0.2, 0.25) is 0 Å². The van der Waals surface area contributed by atoms with Crippen LogP contribution in [0.15, 0.2) is 46.7 Å². The molecule has 1 fully saturated rings. The molecule has 0 amide bonds. The predicted octanol–water partition coefficient (Wildman–Crippen LogP) is 8.07. The average Bonchev–Trinajstić information content (AvgIpc) is 2.81. The molecule has 2 nitrogen and oxygen atoms in total. The molecule has 0 bridgehead atoms. The van der Waals surface area contributed by atoms with Crippen molar-refractivity contribution >= 4 is 6.21 Å². The van der Waals surface area contributed by atoms with Crippen molar-refractivity contribution in [2.75, 3.05) is 6.54 Å². The molecule has 1 aromatic rings. The van der Waals surface area contributed by atoms with Gasteiger partial charge in [0.15, 0.2) is 0 Å². The second kappa shape index (κ2) is 9.04. The zero-order valence-electron chi connectivity index (χ0n) is 19.4. The molecule has 2 atom stereocenters. The highest BCUT2D eigenvalue weighted by Gasteiger charge is 2.35. The molecule has 2 heteroatoms. The molecule has 0 N–H and O–H groups in total. The van der Waals surface area contributed by atoms with Gasteiger partial charge in [-0.3, -0.25) is 0 Å². The van der Waals surface area contributed by atoms with E-state index >= 15 is 0 Å². The van der Waals surface area contributed by atoms with Crippen LogP contribution in [0.3, 0.4) is 0 Å². The number of allylic oxidation sites excluding steroid dienone is 1. The third kappa shape index (κ3) is 4.11. The molecule has 2 aliphatic carbocycles. The van der Waals surface area contributed by atoms with E-state index < -0.39 is 0 Å². The van der Waals surface area contributed by atoms with Crippen molar-refractivity contribution in [1.82, 2.24) is 0 Å². The zero-order chi connectivity index (χ0) is 21.3. The Morgan fingerprint density at radius 3 is 2.67 bits per heavy atom. The van der Waals surface area contributed by atoms with Gasteiger partial charge in [-0.2, -0.15) is 0 Å². The van der Waals surface area contributed by atoms with E-state index in [9.17, 15) is 0 Å². The van der Waals surface area contributed by atoms with Crippen LogP contribution in [0.4, 0.5) is 0 Å². The number of hydrogen-bond donors (Lipinski definition) is 0. The Hall–Kier alpha value is -1.96. The summed E-state index contributed by atoms with van der Waals surface area (Å²) in [6.07, 6.45) is 10.8. The molecule has 1 aromatic carbocycles. The van der Waals surface area contributed by atoms with Crippen LogP contribution in [0, 0.1) is 17.8 Å². The standard InChI is InChI=1S/C28H38N2/c1-6-7-11-23-24-13-12-22(18(2)3)14-26(24)20(5)25(21-9-8-10-21)15-27(23)28-29-16-19(4)17-30-28/h12-14,16,18,20-21,25H,4,6-11,15,17H2,1-3,5H3/q-2. The summed E-state index contributed by atoms with van der Waals surface area (Å²) >= 11 is 0. The molecule has 0 saturated heterocycles. The van der Waals surface area contributed by atoms with E-state index in [1.165, 1.54) is 54.7 Å². The number of aliphatic imine (C=N–C) groups is 1. The summed E-state index contributed by atoms with van der Waals surface area (Å²) < 4.78 is 0. The Balaban J connectivity index is 1.86. The van der Waals surface area contributed by atoms with Gasteiger partial charge in [0.1, 0.15) is 0 Å². The quantitative estimate of drug-likeness (QED) is 0.351. The minimum absolute atomic E-state index is 0.564. The maximum Gasteiger partial charge on any atom is -0.0234 e. The van der Waals surface area contributed by atoms with Gasteiger partial charge < -0.3 is 10.3 Å². The monoisotopic (exact) mass is 402 g/mol. The Morgan fingerprint density at radius 1 is 1.27 bits per heavy atom. The Labute approximate surface area is 184 Å². The third-order valence-corrected chi connectivity index (χ3v) is 7.61. The first kappa shape index (κ1) is 21.3. The van der Waals surface area contributed by atoms with Crippen molar-refractivity contribution in [1.29, 1.82) is 0 Å². The summed E-state index contributed by atoms with van der Waals surface area (Å²) in [5.74, 6) is 5.18. The van der Waals surface area contributed by atoms with Gasteiger partial charge in [0, 0.05) is 0 Å². The van der Waals surface area contributed by atoms with E-state index in [0.29, 0.717) is 24.3 Å². The molecule has 0 aromatic heterocycles. The molecule has 0 radical (unpaired) electrons. The van der Waals surface area contributed by atoms with Crippen molar-refractivity contribution in [2.45, 2.75) is 84.5 Å². The Morgan fingerprint density at radius 2 is 2.07 bits per heavy atom. The van der Waals surface area contributed by atoms with Crippen molar-refractivity contribution in [3.63, 3.8) is 0 Å². The zero-order valence-corrected chi connectivity index (χ0v) is 19.4. The predicted molar refractivity (Wildman–Crippen MR) is 129 cm³/mol. The first-order valence-electron chi connectivity index (χ1n) is 12.1. The molecule has 1 aliphatic heterocycles. The highest BCUT2D eigenvalue weighted by molar-refractivity contribution is 5.82. The van der Waals surface area contributed by atoms with Crippen molar-refractivity contribution in [2.24, 2.45) is 16.8 Å². The number of hydrogen-bond acceptors (Lipinski definition) is 1. The lowest BCUT2D eigenvalue weighted by Crippen LogP contribution is -2.26. The van der Waals surface area contributed by atoms with Crippen LogP contribution in [0.25, 0.3) is 5.32 Å². The smallest absolute Gasteiger partial charge is 0.0234 e. The van der Waals surface area contributed by atoms with Crippen LogP contribution in [0.2, 0.25) is 0 Å². The van der Waals surface area contributed by atoms with Gasteiger partial charge in [0.05, 0.1) is 0 Å². The fourth-order valence-corrected chi connectivity index (χ4v) is 5.41. The van der Waals surface area contributed by atoms with Gasteiger partial charge in [-0.1, -0.05) is 96.2 Å². The summed E-state index contributed by atoms with van der Waals surface area (Å²) in [4.78, 5) is 4.78. The summed E-state index contributed by atoms with van der Waals surface area (Å²) in [6, 6.07) is 7.30. The lowest BCUT2D eigenvalue weighted by Gasteiger charge is -2.41. The lowest BCUT2D eigenvalue weighted by molar-refractivity contribution is 0.182. The normalized spacial score (nSPS) is 27.0. The van der Waals surface area contributed by atoms with Gasteiger partial charge in [-0.05, 0) is 36.6 Å². The molecule has 4 rings (SSSR count). The maximum absolute atomic E-state index is 4.88. The topological polar surface area (TPSA) is 26.5 Å². The van der Waals surface area contributed by atoms with Crippen molar-refractivity contribution in [3.05, 3.63) is 69.7 Å². The highest BCUT2D eigenvalue weighted by atomic mass is 15.1. The van der Waals surface area contributed by atoms with E-state index in [0.717, 1.165) is 30.2 Å². The second-order valence-electron chi connectivity index (χ2n) is 9.97. The minimum atomic E-state index is 0.564. The Kier molecular flexibility index (Phi) is 6.41. The summed E-state index contributed by atoms with van der Waals surface area (Å²) in [5, 5.41) is 4.88. The maximum atomic E-state index is 4.88. The highest BCUT2D eigenvalue weighted by Crippen LogP contribution is 2.52. The van der Waals surface area contributed by atoms with Crippen LogP contribution in [-0.4, -0.2) is 12.8 Å². The largest absolute Gasteiger partial charge is 0.507 e. The van der Waals surface area contributed by atoms with Crippen molar-refractivity contribution in [3.8, 4) is 0 Å². The number of unbranched alkanes of at least 4 members (excludes halogenated alkanes) is 1. The van der Waals surface area contributed by atoms with Gasteiger partial charge in [-0.15, -0.1) is 40.6 Å². The molecule has 0 spiro atoms. The number of rotatable bonds is 5. The van der Waals surface area contributed by atoms with E-state index in [4.69, 9.17) is 10.3 Å². The first-order valence-corrected chi connectivity index (χ1v) is 12.1. The fraction of sp³-hybridized carbons (Fsp3) is 0.571. The molecular formula is C28H38N2-2. The minimum Gasteiger partial charge on any atom is -0.507 e. The van der Waals surface area contributed by atoms with Gasteiger partial charge in [0.25, 0.3) is 0 Å². The van der Waals surface area contributed by atoms with Crippen LogP contribution in [0.1, 0.15) is 101 Å². The van der Waals surface area contributed by atoms with E-state index in [-0.39, 0.29) is 0 Å². The SMILES string of the molecule is C=C1C=NC(=C2CC(C3CCC3)C(C)c3cc(C(C)C)ccc3[C-]2CCCC)[N-]C1. The van der Waals surface area contributed by atoms with Crippen LogP contribution in [0.5, 0.6) is 0 Å². The summed E-state index contributed by atoms with van der Waals surface area (Å²) in [5.41, 5.74) is 6.94. The number of fused-ring (bicyclic) bond motifs is 1. The average molecular weight is 403 g/mol. The number of nitrogens with zero attached hydrogens (tertiary/aromatic N) is 2. The Bertz CT molecular complexity index is 840. The van der Waals surface area contributed by atoms with E-state index in [1.54, 1.807) is 5.56 Å². The molecular weight excluding hydrogens is 364 g/mol. The molecule has 2 unspecified atom stereocenters. The van der Waals surface area contributed by atoms with Crippen molar-refractivity contribution < 1.29 is 0 Å². The van der Waals surface area contributed by atoms with E-state index in [1.807, 2.05) is 6.21 Å². The first-order chi connectivity index (χ1) is 14.5. The molecule has 1 saturated carbocycles. The van der Waals surface area contributed by atoms with Crippen LogP contribution in [-0.2, 0) is 0 Å². The van der Waals surface area contributed by atoms with Crippen LogP contribution < -0.4 is 0 Å². The van der Waals surface area contributed by atoms with Gasteiger partial charge >= 0.3 is 0 Å². The third-order valence-electron chi connectivity index (χ3n) is 7.61. The fourth-order valence-electron chi connectivity index (χ4n) is 5.41. The summed E-state index contributed by atoms with van der Waals surface area (Å²) in [7, 11) is 0. The second-order valence-corrected chi connectivity index (χ2v) is 9.97. The molecule has 1 heterocycles. The van der Waals surface area contributed by atoms with E-state index in [2.05, 4.69) is 52.5 Å². The molecule has 3 aliphatic rings. The molecule has 162 valence electrons. The summed E-state index contributed by atoms with van der Waals surface area (Å²) in [6.45, 7) is 14.1. The molecule has 30 heavy (non-hydrogen) atoms. The lowest BCUT2D eigenvalue weighted by atomic mass is 9.68. The van der Waals surface area contributed by atoms with Crippen LogP contribution >= 0.6 is 0 Å².